The number of amides is 1. The Balaban J connectivity index is 2.44. The molecule has 0 fully saturated rings. The van der Waals surface area contributed by atoms with Crippen molar-refractivity contribution < 1.29 is 13.2 Å². The summed E-state index contributed by atoms with van der Waals surface area (Å²) in [5.41, 5.74) is 0. The van der Waals surface area contributed by atoms with Gasteiger partial charge in [-0.15, -0.1) is 11.3 Å². The van der Waals surface area contributed by atoms with Crippen LogP contribution in [0.1, 0.15) is 14.5 Å². The molecule has 0 saturated carbocycles. The van der Waals surface area contributed by atoms with E-state index in [0.29, 0.717) is 4.88 Å². The molecule has 1 heterocycles. The van der Waals surface area contributed by atoms with E-state index in [1.54, 1.807) is 6.07 Å². The van der Waals surface area contributed by atoms with Crippen molar-refractivity contribution >= 4 is 27.3 Å². The number of thiophene rings is 1. The third kappa shape index (κ3) is 4.41. The van der Waals surface area contributed by atoms with Gasteiger partial charge in [0.25, 0.3) is 5.91 Å². The second-order valence-corrected chi connectivity index (χ2v) is 6.06. The number of rotatable bonds is 4. The first kappa shape index (κ1) is 12.2. The van der Waals surface area contributed by atoms with Gasteiger partial charge in [-0.3, -0.25) is 4.79 Å². The number of carbonyl (C=O) groups excluding carboxylic acids is 1. The average Bonchev–Trinajstić information content (AvgIpc) is 2.49. The monoisotopic (exact) mass is 248 g/mol. The number of sulfonamides is 1. The van der Waals surface area contributed by atoms with E-state index < -0.39 is 10.0 Å². The van der Waals surface area contributed by atoms with Gasteiger partial charge in [-0.05, 0) is 19.1 Å². The lowest BCUT2D eigenvalue weighted by molar-refractivity contribution is 0.0960. The van der Waals surface area contributed by atoms with Crippen LogP contribution in [-0.4, -0.2) is 26.6 Å². The van der Waals surface area contributed by atoms with Gasteiger partial charge in [0.05, 0.1) is 10.6 Å². The molecule has 0 bridgehead atoms. The number of primary sulfonamides is 1. The van der Waals surface area contributed by atoms with Crippen LogP contribution in [-0.2, 0) is 10.0 Å². The maximum Gasteiger partial charge on any atom is 0.261 e. The van der Waals surface area contributed by atoms with E-state index in [0.717, 1.165) is 4.88 Å². The van der Waals surface area contributed by atoms with Gasteiger partial charge in [0.2, 0.25) is 10.0 Å². The maximum absolute atomic E-state index is 11.4. The van der Waals surface area contributed by atoms with Crippen molar-refractivity contribution in [2.45, 2.75) is 6.92 Å². The zero-order chi connectivity index (χ0) is 11.5. The first-order chi connectivity index (χ1) is 6.88. The largest absolute Gasteiger partial charge is 0.350 e. The van der Waals surface area contributed by atoms with Gasteiger partial charge in [-0.1, -0.05) is 0 Å². The van der Waals surface area contributed by atoms with Gasteiger partial charge in [0.1, 0.15) is 0 Å². The molecule has 1 aromatic rings. The first-order valence-electron chi connectivity index (χ1n) is 4.23. The Morgan fingerprint density at radius 1 is 1.53 bits per heavy atom. The Labute approximate surface area is 92.3 Å². The lowest BCUT2D eigenvalue weighted by Crippen LogP contribution is -2.31. The summed E-state index contributed by atoms with van der Waals surface area (Å²) < 4.78 is 21.2. The number of hydrogen-bond acceptors (Lipinski definition) is 4. The van der Waals surface area contributed by atoms with E-state index in [2.05, 4.69) is 5.32 Å². The highest BCUT2D eigenvalue weighted by molar-refractivity contribution is 7.89. The van der Waals surface area contributed by atoms with Crippen LogP contribution in [0.15, 0.2) is 12.1 Å². The minimum atomic E-state index is -3.51. The van der Waals surface area contributed by atoms with Crippen molar-refractivity contribution in [1.82, 2.24) is 5.32 Å². The van der Waals surface area contributed by atoms with Crippen LogP contribution in [0, 0.1) is 6.92 Å². The summed E-state index contributed by atoms with van der Waals surface area (Å²) in [7, 11) is -3.51. The van der Waals surface area contributed by atoms with Gasteiger partial charge in [0.15, 0.2) is 0 Å². The highest BCUT2D eigenvalue weighted by atomic mass is 32.2. The highest BCUT2D eigenvalue weighted by Crippen LogP contribution is 2.14. The molecule has 0 saturated heterocycles. The number of hydrogen-bond donors (Lipinski definition) is 2. The smallest absolute Gasteiger partial charge is 0.261 e. The second-order valence-electron chi connectivity index (χ2n) is 3.03. The summed E-state index contributed by atoms with van der Waals surface area (Å²) in [6.45, 7) is 1.93. The lowest BCUT2D eigenvalue weighted by Gasteiger charge is -2.01. The Kier molecular flexibility index (Phi) is 3.83. The van der Waals surface area contributed by atoms with Crippen molar-refractivity contribution in [1.29, 1.82) is 0 Å². The molecule has 0 aliphatic rings. The molecule has 1 amide bonds. The zero-order valence-electron chi connectivity index (χ0n) is 8.19. The van der Waals surface area contributed by atoms with Gasteiger partial charge >= 0.3 is 0 Å². The Morgan fingerprint density at radius 3 is 2.67 bits per heavy atom. The summed E-state index contributed by atoms with van der Waals surface area (Å²) in [5.74, 6) is -0.514. The fourth-order valence-corrected chi connectivity index (χ4v) is 2.12. The molecule has 0 spiro atoms. The molecule has 0 aliphatic heterocycles. The van der Waals surface area contributed by atoms with Gasteiger partial charge in [-0.25, -0.2) is 13.6 Å². The standard InChI is InChI=1S/C8H12N2O3S2/c1-6-2-3-7(14-6)8(11)10-4-5-15(9,12)13/h2-3H,4-5H2,1H3,(H,10,11)(H2,9,12,13). The number of carbonyl (C=O) groups is 1. The molecule has 3 N–H and O–H groups in total. The summed E-state index contributed by atoms with van der Waals surface area (Å²) in [6.07, 6.45) is 0. The average molecular weight is 248 g/mol. The van der Waals surface area contributed by atoms with Crippen LogP contribution in [0.3, 0.4) is 0 Å². The quantitative estimate of drug-likeness (QED) is 0.790. The fourth-order valence-electron chi connectivity index (χ4n) is 0.950. The summed E-state index contributed by atoms with van der Waals surface area (Å²) in [4.78, 5) is 13.0. The minimum Gasteiger partial charge on any atom is -0.350 e. The second kappa shape index (κ2) is 4.73. The Hall–Kier alpha value is -0.920. The van der Waals surface area contributed by atoms with Crippen molar-refractivity contribution in [3.8, 4) is 0 Å². The first-order valence-corrected chi connectivity index (χ1v) is 6.77. The van der Waals surface area contributed by atoms with Crippen molar-refractivity contribution in [3.63, 3.8) is 0 Å². The molecule has 0 atom stereocenters. The van der Waals surface area contributed by atoms with Crippen LogP contribution in [0.4, 0.5) is 0 Å². The summed E-state index contributed by atoms with van der Waals surface area (Å²) >= 11 is 1.36. The van der Waals surface area contributed by atoms with E-state index in [4.69, 9.17) is 5.14 Å². The van der Waals surface area contributed by atoms with Crippen LogP contribution >= 0.6 is 11.3 Å². The third-order valence-corrected chi connectivity index (χ3v) is 3.41. The molecule has 0 unspecified atom stereocenters. The molecule has 5 nitrogen and oxygen atoms in total. The van der Waals surface area contributed by atoms with Crippen LogP contribution < -0.4 is 10.5 Å². The van der Waals surface area contributed by atoms with Gasteiger partial charge in [0, 0.05) is 11.4 Å². The lowest BCUT2D eigenvalue weighted by atomic mass is 10.4. The van der Waals surface area contributed by atoms with Crippen molar-refractivity contribution in [3.05, 3.63) is 21.9 Å². The SMILES string of the molecule is Cc1ccc(C(=O)NCCS(N)(=O)=O)s1. The van der Waals surface area contributed by atoms with Gasteiger partial charge in [-0.2, -0.15) is 0 Å². The number of aryl methyl sites for hydroxylation is 1. The normalized spacial score (nSPS) is 11.3. The molecule has 1 aromatic heterocycles. The molecular weight excluding hydrogens is 236 g/mol. The van der Waals surface area contributed by atoms with Crippen molar-refractivity contribution in [2.75, 3.05) is 12.3 Å². The number of nitrogens with two attached hydrogens (primary N) is 1. The van der Waals surface area contributed by atoms with Gasteiger partial charge < -0.3 is 5.32 Å². The molecule has 0 aromatic carbocycles. The van der Waals surface area contributed by atoms with Crippen LogP contribution in [0.2, 0.25) is 0 Å². The molecule has 84 valence electrons. The summed E-state index contributed by atoms with van der Waals surface area (Å²) in [5, 5.41) is 7.27. The predicted octanol–water partition coefficient (Wildman–Crippen LogP) is 0.0748. The number of nitrogens with one attached hydrogen (secondary N) is 1. The van der Waals surface area contributed by atoms with Crippen molar-refractivity contribution in [2.24, 2.45) is 5.14 Å². The fraction of sp³-hybridized carbons (Fsp3) is 0.375. The molecule has 0 radical (unpaired) electrons. The third-order valence-electron chi connectivity index (χ3n) is 1.64. The topological polar surface area (TPSA) is 89.3 Å². The van der Waals surface area contributed by atoms with Crippen LogP contribution in [0.25, 0.3) is 0 Å². The van der Waals surface area contributed by atoms with E-state index in [1.165, 1.54) is 11.3 Å². The van der Waals surface area contributed by atoms with E-state index in [1.807, 2.05) is 13.0 Å². The van der Waals surface area contributed by atoms with Crippen LogP contribution in [0.5, 0.6) is 0 Å². The molecule has 15 heavy (non-hydrogen) atoms. The minimum absolute atomic E-state index is 0.0363. The molecule has 7 heteroatoms. The molecule has 1 rings (SSSR count). The van der Waals surface area contributed by atoms with E-state index in [9.17, 15) is 13.2 Å². The molecular formula is C8H12N2O3S2. The summed E-state index contributed by atoms with van der Waals surface area (Å²) in [6, 6.07) is 3.53. The predicted molar refractivity (Wildman–Crippen MR) is 59.4 cm³/mol. The molecule has 0 aliphatic carbocycles. The maximum atomic E-state index is 11.4. The van der Waals surface area contributed by atoms with E-state index in [-0.39, 0.29) is 18.2 Å². The van der Waals surface area contributed by atoms with E-state index >= 15 is 0 Å². The highest BCUT2D eigenvalue weighted by Gasteiger charge is 2.08. The zero-order valence-corrected chi connectivity index (χ0v) is 9.82. The Morgan fingerprint density at radius 2 is 2.20 bits per heavy atom. The Bertz CT molecular complexity index is 450.